The summed E-state index contributed by atoms with van der Waals surface area (Å²) in [4.78, 5) is 23.2. The van der Waals surface area contributed by atoms with Crippen LogP contribution in [0.15, 0.2) is 30.3 Å². The van der Waals surface area contributed by atoms with Crippen molar-refractivity contribution in [2.75, 3.05) is 0 Å². The van der Waals surface area contributed by atoms with E-state index in [2.05, 4.69) is 5.43 Å². The van der Waals surface area contributed by atoms with Gasteiger partial charge in [0.05, 0.1) is 0 Å². The summed E-state index contributed by atoms with van der Waals surface area (Å²) in [6.45, 7) is 5.11. The summed E-state index contributed by atoms with van der Waals surface area (Å²) in [6.07, 6.45) is -0.839. The van der Waals surface area contributed by atoms with Crippen LogP contribution in [0.4, 0.5) is 4.79 Å². The van der Waals surface area contributed by atoms with Gasteiger partial charge in [0.15, 0.2) is 0 Å². The van der Waals surface area contributed by atoms with Crippen LogP contribution in [0.1, 0.15) is 31.1 Å². The Balaban J connectivity index is 2.58. The van der Waals surface area contributed by atoms with E-state index < -0.39 is 17.6 Å². The van der Waals surface area contributed by atoms with Gasteiger partial charge in [-0.25, -0.2) is 10.2 Å². The summed E-state index contributed by atoms with van der Waals surface area (Å²) in [7, 11) is 0. The number of rotatable bonds is 1. The van der Waals surface area contributed by atoms with Crippen LogP contribution >= 0.6 is 11.8 Å². The minimum absolute atomic E-state index is 0.395. The van der Waals surface area contributed by atoms with E-state index in [1.807, 2.05) is 0 Å². The third kappa shape index (κ3) is 4.63. The van der Waals surface area contributed by atoms with E-state index in [1.54, 1.807) is 51.1 Å². The van der Waals surface area contributed by atoms with E-state index in [-0.39, 0.29) is 0 Å². The predicted molar refractivity (Wildman–Crippen MR) is 67.8 cm³/mol. The van der Waals surface area contributed by atoms with Crippen LogP contribution in [0.2, 0.25) is 0 Å². The minimum Gasteiger partial charge on any atom is -0.442 e. The van der Waals surface area contributed by atoms with Gasteiger partial charge in [-0.3, -0.25) is 4.79 Å². The van der Waals surface area contributed by atoms with Crippen molar-refractivity contribution in [2.24, 2.45) is 0 Å². The van der Waals surface area contributed by atoms with Crippen LogP contribution in [0, 0.1) is 0 Å². The SMILES string of the molecule is CC(C)(C)OC(=O)N(Cl)NC(=O)c1ccccc1. The Bertz CT molecular complexity index is 429. The number of amides is 2. The van der Waals surface area contributed by atoms with E-state index in [1.165, 1.54) is 0 Å². The largest absolute Gasteiger partial charge is 0.444 e. The average molecular weight is 271 g/mol. The van der Waals surface area contributed by atoms with Gasteiger partial charge in [0.25, 0.3) is 5.91 Å². The Morgan fingerprint density at radius 2 is 1.78 bits per heavy atom. The second kappa shape index (κ2) is 5.73. The van der Waals surface area contributed by atoms with Crippen molar-refractivity contribution < 1.29 is 14.3 Å². The molecule has 0 saturated heterocycles. The van der Waals surface area contributed by atoms with Crippen LogP contribution in [-0.2, 0) is 4.74 Å². The van der Waals surface area contributed by atoms with Gasteiger partial charge in [-0.2, -0.15) is 0 Å². The third-order valence-electron chi connectivity index (χ3n) is 1.79. The molecule has 1 N–H and O–H groups in total. The summed E-state index contributed by atoms with van der Waals surface area (Å²) in [6, 6.07) is 8.41. The molecule has 0 spiro atoms. The lowest BCUT2D eigenvalue weighted by atomic mass is 10.2. The Kier molecular flexibility index (Phi) is 4.55. The molecule has 1 aromatic carbocycles. The fourth-order valence-corrected chi connectivity index (χ4v) is 1.20. The first-order chi connectivity index (χ1) is 8.29. The molecule has 0 bridgehead atoms. The van der Waals surface area contributed by atoms with Gasteiger partial charge in [-0.15, -0.1) is 4.53 Å². The molecule has 98 valence electrons. The Morgan fingerprint density at radius 3 is 2.28 bits per heavy atom. The van der Waals surface area contributed by atoms with Crippen molar-refractivity contribution in [3.05, 3.63) is 35.9 Å². The number of nitrogens with one attached hydrogen (secondary N) is 1. The number of hydrazine groups is 1. The van der Waals surface area contributed by atoms with Crippen LogP contribution in [-0.4, -0.2) is 22.1 Å². The number of halogens is 1. The van der Waals surface area contributed by atoms with E-state index >= 15 is 0 Å². The highest BCUT2D eigenvalue weighted by Gasteiger charge is 2.22. The number of carbonyl (C=O) groups is 2. The first-order valence-electron chi connectivity index (χ1n) is 5.34. The Hall–Kier alpha value is -1.75. The summed E-state index contributed by atoms with van der Waals surface area (Å²) >= 11 is 5.61. The first kappa shape index (κ1) is 14.3. The molecule has 5 nitrogen and oxygen atoms in total. The van der Waals surface area contributed by atoms with Gasteiger partial charge in [0, 0.05) is 17.3 Å². The number of nitrogens with zero attached hydrogens (tertiary/aromatic N) is 1. The number of hydrogen-bond acceptors (Lipinski definition) is 3. The summed E-state index contributed by atoms with van der Waals surface area (Å²) in [5.74, 6) is -0.489. The number of hydrogen-bond donors (Lipinski definition) is 1. The van der Waals surface area contributed by atoms with Gasteiger partial charge in [-0.1, -0.05) is 18.2 Å². The fourth-order valence-electron chi connectivity index (χ4n) is 1.09. The second-order valence-corrected chi connectivity index (χ2v) is 4.91. The van der Waals surface area contributed by atoms with E-state index in [9.17, 15) is 9.59 Å². The van der Waals surface area contributed by atoms with Crippen molar-refractivity contribution in [3.8, 4) is 0 Å². The maximum Gasteiger partial charge on any atom is 0.444 e. The molecule has 0 fully saturated rings. The molecule has 1 rings (SSSR count). The number of benzene rings is 1. The highest BCUT2D eigenvalue weighted by Crippen LogP contribution is 2.10. The molecule has 2 amide bonds. The van der Waals surface area contributed by atoms with Gasteiger partial charge >= 0.3 is 6.09 Å². The summed E-state index contributed by atoms with van der Waals surface area (Å²) in [5, 5.41) is 0. The second-order valence-electron chi connectivity index (χ2n) is 4.57. The van der Waals surface area contributed by atoms with E-state index in [0.29, 0.717) is 10.1 Å². The molecule has 0 unspecified atom stereocenters. The molecular weight excluding hydrogens is 256 g/mol. The zero-order valence-electron chi connectivity index (χ0n) is 10.4. The predicted octanol–water partition coefficient (Wildman–Crippen LogP) is 2.72. The van der Waals surface area contributed by atoms with Gasteiger partial charge in [-0.05, 0) is 32.9 Å². The zero-order valence-corrected chi connectivity index (χ0v) is 11.2. The maximum absolute atomic E-state index is 11.7. The highest BCUT2D eigenvalue weighted by molar-refractivity contribution is 6.21. The molecule has 0 aliphatic carbocycles. The molecule has 0 aliphatic rings. The van der Waals surface area contributed by atoms with E-state index in [0.717, 1.165) is 0 Å². The molecule has 0 radical (unpaired) electrons. The van der Waals surface area contributed by atoms with Gasteiger partial charge in [0.1, 0.15) is 5.60 Å². The summed E-state index contributed by atoms with van der Waals surface area (Å²) in [5.41, 5.74) is 1.92. The molecule has 0 heterocycles. The summed E-state index contributed by atoms with van der Waals surface area (Å²) < 4.78 is 5.48. The van der Waals surface area contributed by atoms with Crippen molar-refractivity contribution in [3.63, 3.8) is 0 Å². The smallest absolute Gasteiger partial charge is 0.442 e. The standard InChI is InChI=1S/C12H15ClN2O3/c1-12(2,3)18-11(17)15(13)14-10(16)9-7-5-4-6-8-9/h4-8H,1-3H3,(H,14,16). The minimum atomic E-state index is -0.839. The maximum atomic E-state index is 11.7. The van der Waals surface area contributed by atoms with Crippen molar-refractivity contribution in [1.82, 2.24) is 9.95 Å². The zero-order chi connectivity index (χ0) is 13.8. The monoisotopic (exact) mass is 270 g/mol. The number of ether oxygens (including phenoxy) is 1. The Labute approximate surface area is 111 Å². The lowest BCUT2D eigenvalue weighted by Gasteiger charge is -2.22. The molecule has 0 saturated carbocycles. The van der Waals surface area contributed by atoms with Gasteiger partial charge < -0.3 is 4.74 Å². The molecule has 18 heavy (non-hydrogen) atoms. The fraction of sp³-hybridized carbons (Fsp3) is 0.333. The van der Waals surface area contributed by atoms with E-state index in [4.69, 9.17) is 16.5 Å². The van der Waals surface area contributed by atoms with Gasteiger partial charge in [0.2, 0.25) is 0 Å². The molecule has 0 aromatic heterocycles. The normalized spacial score (nSPS) is 10.7. The lowest BCUT2D eigenvalue weighted by Crippen LogP contribution is -2.42. The lowest BCUT2D eigenvalue weighted by molar-refractivity contribution is 0.0314. The third-order valence-corrected chi connectivity index (χ3v) is 2.01. The molecular formula is C12H15ClN2O3. The molecule has 0 atom stereocenters. The molecule has 0 aliphatic heterocycles. The number of carbonyl (C=O) groups excluding carboxylic acids is 2. The van der Waals surface area contributed by atoms with Crippen LogP contribution < -0.4 is 5.43 Å². The van der Waals surface area contributed by atoms with Crippen molar-refractivity contribution in [2.45, 2.75) is 26.4 Å². The van der Waals surface area contributed by atoms with Crippen molar-refractivity contribution >= 4 is 23.8 Å². The first-order valence-corrected chi connectivity index (χ1v) is 5.68. The highest BCUT2D eigenvalue weighted by atomic mass is 35.5. The quantitative estimate of drug-likeness (QED) is 0.630. The van der Waals surface area contributed by atoms with Crippen LogP contribution in [0.5, 0.6) is 0 Å². The molecule has 1 aromatic rings. The van der Waals surface area contributed by atoms with Crippen LogP contribution in [0.3, 0.4) is 0 Å². The Morgan fingerprint density at radius 1 is 1.22 bits per heavy atom. The average Bonchev–Trinajstić information content (AvgIpc) is 2.27. The van der Waals surface area contributed by atoms with Crippen molar-refractivity contribution in [1.29, 1.82) is 0 Å². The molecule has 6 heteroatoms. The van der Waals surface area contributed by atoms with Crippen LogP contribution in [0.25, 0.3) is 0 Å². The topological polar surface area (TPSA) is 58.6 Å².